The van der Waals surface area contributed by atoms with Crippen LogP contribution in [0.15, 0.2) is 24.3 Å². The van der Waals surface area contributed by atoms with Crippen LogP contribution in [0.1, 0.15) is 65.0 Å². The summed E-state index contributed by atoms with van der Waals surface area (Å²) in [7, 11) is -1.29. The Kier molecular flexibility index (Phi) is 4.97. The Morgan fingerprint density at radius 2 is 1.58 bits per heavy atom. The van der Waals surface area contributed by atoms with Crippen molar-refractivity contribution in [1.29, 1.82) is 0 Å². The van der Waals surface area contributed by atoms with Gasteiger partial charge in [0.25, 0.3) is 0 Å². The maximum Gasteiger partial charge on any atom is 0.0945 e. The average Bonchev–Trinajstić information content (AvgIpc) is 2.27. The van der Waals surface area contributed by atoms with E-state index in [1.807, 2.05) is 13.8 Å². The molecule has 0 saturated heterocycles. The molecule has 0 aromatic heterocycles. The van der Waals surface area contributed by atoms with E-state index in [0.717, 1.165) is 6.42 Å². The SMILES string of the molecule is C[C@@H](CC(C)(C)S(N)=O)c1ccc(C(C)(C)C)cc1. The molecule has 0 aliphatic heterocycles. The van der Waals surface area contributed by atoms with Crippen molar-refractivity contribution in [1.82, 2.24) is 0 Å². The Morgan fingerprint density at radius 3 is 1.95 bits per heavy atom. The Morgan fingerprint density at radius 1 is 1.11 bits per heavy atom. The van der Waals surface area contributed by atoms with Crippen molar-refractivity contribution in [2.75, 3.05) is 0 Å². The van der Waals surface area contributed by atoms with Crippen molar-refractivity contribution >= 4 is 11.0 Å². The van der Waals surface area contributed by atoms with Gasteiger partial charge in [0.1, 0.15) is 0 Å². The first-order chi connectivity index (χ1) is 8.54. The molecule has 0 fully saturated rings. The molecule has 0 saturated carbocycles. The van der Waals surface area contributed by atoms with E-state index in [1.54, 1.807) is 0 Å². The maximum absolute atomic E-state index is 11.5. The lowest BCUT2D eigenvalue weighted by atomic mass is 9.84. The van der Waals surface area contributed by atoms with Gasteiger partial charge >= 0.3 is 0 Å². The van der Waals surface area contributed by atoms with Crippen LogP contribution in [0.4, 0.5) is 0 Å². The van der Waals surface area contributed by atoms with Crippen molar-refractivity contribution in [3.63, 3.8) is 0 Å². The number of nitrogens with two attached hydrogens (primary N) is 1. The lowest BCUT2D eigenvalue weighted by molar-refractivity contribution is 0.539. The van der Waals surface area contributed by atoms with Gasteiger partial charge in [-0.1, -0.05) is 52.0 Å². The molecular weight excluding hydrogens is 254 g/mol. The highest BCUT2D eigenvalue weighted by atomic mass is 32.2. The molecule has 3 heteroatoms. The molecule has 0 spiro atoms. The Labute approximate surface area is 120 Å². The Hall–Kier alpha value is -0.670. The molecule has 2 atom stereocenters. The predicted molar refractivity (Wildman–Crippen MR) is 84.6 cm³/mol. The van der Waals surface area contributed by atoms with Crippen LogP contribution in [-0.4, -0.2) is 8.96 Å². The minimum atomic E-state index is -1.29. The summed E-state index contributed by atoms with van der Waals surface area (Å²) >= 11 is 0. The number of hydrogen-bond acceptors (Lipinski definition) is 1. The molecule has 1 rings (SSSR count). The van der Waals surface area contributed by atoms with Gasteiger partial charge in [-0.3, -0.25) is 5.14 Å². The van der Waals surface area contributed by atoms with E-state index in [1.165, 1.54) is 11.1 Å². The van der Waals surface area contributed by atoms with Crippen LogP contribution in [0.2, 0.25) is 0 Å². The quantitative estimate of drug-likeness (QED) is 0.894. The van der Waals surface area contributed by atoms with Gasteiger partial charge in [-0.2, -0.15) is 0 Å². The van der Waals surface area contributed by atoms with E-state index < -0.39 is 11.0 Å². The van der Waals surface area contributed by atoms with Crippen molar-refractivity contribution in [2.45, 2.75) is 64.0 Å². The fraction of sp³-hybridized carbons (Fsp3) is 0.625. The van der Waals surface area contributed by atoms with E-state index in [9.17, 15) is 4.21 Å². The second kappa shape index (κ2) is 5.76. The summed E-state index contributed by atoms with van der Waals surface area (Å²) in [6, 6.07) is 8.75. The van der Waals surface area contributed by atoms with Crippen LogP contribution in [-0.2, 0) is 16.4 Å². The number of rotatable bonds is 4. The largest absolute Gasteiger partial charge is 0.251 e. The first kappa shape index (κ1) is 16.4. The van der Waals surface area contributed by atoms with E-state index >= 15 is 0 Å². The molecule has 0 amide bonds. The van der Waals surface area contributed by atoms with Crippen LogP contribution in [0.25, 0.3) is 0 Å². The second-order valence-electron chi connectivity index (χ2n) is 7.03. The monoisotopic (exact) mass is 281 g/mol. The van der Waals surface area contributed by atoms with Crippen molar-refractivity contribution in [3.05, 3.63) is 35.4 Å². The van der Waals surface area contributed by atoms with E-state index in [0.29, 0.717) is 5.92 Å². The van der Waals surface area contributed by atoms with E-state index in [2.05, 4.69) is 52.0 Å². The van der Waals surface area contributed by atoms with Crippen LogP contribution in [0, 0.1) is 0 Å². The fourth-order valence-corrected chi connectivity index (χ4v) is 2.66. The molecule has 1 aromatic carbocycles. The molecule has 0 radical (unpaired) electrons. The summed E-state index contributed by atoms with van der Waals surface area (Å²) in [6.45, 7) is 12.7. The third kappa shape index (κ3) is 4.43. The summed E-state index contributed by atoms with van der Waals surface area (Å²) < 4.78 is 11.2. The zero-order chi connectivity index (χ0) is 14.8. The standard InChI is InChI=1S/C16H27NOS/c1-12(11-16(5,6)19(17)18)13-7-9-14(10-8-13)15(2,3)4/h7-10,12H,11,17H2,1-6H3/t12-,19?/m0/s1. The highest BCUT2D eigenvalue weighted by Gasteiger charge is 2.26. The molecule has 1 unspecified atom stereocenters. The predicted octanol–water partition coefficient (Wildman–Crippen LogP) is 3.88. The van der Waals surface area contributed by atoms with Crippen LogP contribution < -0.4 is 5.14 Å². The summed E-state index contributed by atoms with van der Waals surface area (Å²) in [6.07, 6.45) is 0.824. The van der Waals surface area contributed by atoms with Gasteiger partial charge in [-0.25, -0.2) is 4.21 Å². The molecule has 0 aliphatic rings. The van der Waals surface area contributed by atoms with Crippen molar-refractivity contribution < 1.29 is 4.21 Å². The zero-order valence-electron chi connectivity index (χ0n) is 13.0. The van der Waals surface area contributed by atoms with E-state index in [4.69, 9.17) is 5.14 Å². The minimum Gasteiger partial charge on any atom is -0.251 e. The molecule has 0 aliphatic carbocycles. The van der Waals surface area contributed by atoms with E-state index in [-0.39, 0.29) is 10.2 Å². The van der Waals surface area contributed by atoms with Crippen LogP contribution >= 0.6 is 0 Å². The molecule has 1 aromatic rings. The van der Waals surface area contributed by atoms with Crippen LogP contribution in [0.5, 0.6) is 0 Å². The summed E-state index contributed by atoms with van der Waals surface area (Å²) in [5, 5.41) is 5.55. The number of hydrogen-bond donors (Lipinski definition) is 1. The first-order valence-electron chi connectivity index (χ1n) is 6.81. The lowest BCUT2D eigenvalue weighted by Gasteiger charge is -2.26. The molecule has 108 valence electrons. The second-order valence-corrected chi connectivity index (χ2v) is 8.73. The highest BCUT2D eigenvalue weighted by Crippen LogP contribution is 2.30. The molecule has 0 heterocycles. The fourth-order valence-electron chi connectivity index (χ4n) is 2.25. The topological polar surface area (TPSA) is 43.1 Å². The van der Waals surface area contributed by atoms with Crippen LogP contribution in [0.3, 0.4) is 0 Å². The zero-order valence-corrected chi connectivity index (χ0v) is 13.8. The average molecular weight is 281 g/mol. The molecule has 2 N–H and O–H groups in total. The summed E-state index contributed by atoms with van der Waals surface area (Å²) in [5.41, 5.74) is 2.80. The molecule has 19 heavy (non-hydrogen) atoms. The van der Waals surface area contributed by atoms with Crippen molar-refractivity contribution in [3.8, 4) is 0 Å². The summed E-state index contributed by atoms with van der Waals surface area (Å²) in [5.74, 6) is 0.358. The number of benzene rings is 1. The van der Waals surface area contributed by atoms with Gasteiger partial charge in [-0.05, 0) is 42.7 Å². The Balaban J connectivity index is 2.85. The van der Waals surface area contributed by atoms with Gasteiger partial charge in [0.05, 0.1) is 15.7 Å². The molecular formula is C16H27NOS. The van der Waals surface area contributed by atoms with Gasteiger partial charge in [0.2, 0.25) is 0 Å². The minimum absolute atomic E-state index is 0.180. The van der Waals surface area contributed by atoms with Gasteiger partial charge in [-0.15, -0.1) is 0 Å². The first-order valence-corrected chi connectivity index (χ1v) is 8.02. The van der Waals surface area contributed by atoms with Gasteiger partial charge in [0.15, 0.2) is 0 Å². The maximum atomic E-state index is 11.5. The lowest BCUT2D eigenvalue weighted by Crippen LogP contribution is -2.33. The van der Waals surface area contributed by atoms with Crippen molar-refractivity contribution in [2.24, 2.45) is 5.14 Å². The van der Waals surface area contributed by atoms with Gasteiger partial charge < -0.3 is 0 Å². The third-order valence-corrected chi connectivity index (χ3v) is 4.94. The highest BCUT2D eigenvalue weighted by molar-refractivity contribution is 7.84. The normalized spacial score (nSPS) is 16.2. The van der Waals surface area contributed by atoms with Gasteiger partial charge in [0, 0.05) is 0 Å². The summed E-state index contributed by atoms with van der Waals surface area (Å²) in [4.78, 5) is 0. The smallest absolute Gasteiger partial charge is 0.0945 e. The molecule has 2 nitrogen and oxygen atoms in total. The third-order valence-electron chi connectivity index (χ3n) is 3.69. The molecule has 0 bridgehead atoms. The Bertz CT molecular complexity index is 443.